The summed E-state index contributed by atoms with van der Waals surface area (Å²) in [4.78, 5) is 28.1. The molecule has 1 unspecified atom stereocenters. The summed E-state index contributed by atoms with van der Waals surface area (Å²) in [7, 11) is 0. The van der Waals surface area contributed by atoms with Crippen LogP contribution in [0.5, 0.6) is 11.5 Å². The Labute approximate surface area is 185 Å². The molecule has 0 saturated carbocycles. The highest BCUT2D eigenvalue weighted by atomic mass is 16.5. The third kappa shape index (κ3) is 4.03. The van der Waals surface area contributed by atoms with E-state index in [1.807, 2.05) is 26.0 Å². The Morgan fingerprint density at radius 3 is 2.44 bits per heavy atom. The minimum Gasteiger partial charge on any atom is -0.491 e. The van der Waals surface area contributed by atoms with Gasteiger partial charge in [-0.2, -0.15) is 5.26 Å². The van der Waals surface area contributed by atoms with E-state index in [1.54, 1.807) is 36.4 Å². The second-order valence-corrected chi connectivity index (χ2v) is 7.62. The molecular formula is C25H21N3O4. The molecule has 0 radical (unpaired) electrons. The molecule has 1 aliphatic rings. The van der Waals surface area contributed by atoms with Crippen LogP contribution in [0.25, 0.3) is 0 Å². The third-order valence-corrected chi connectivity index (χ3v) is 5.26. The number of carbonyl (C=O) groups is 2. The minimum atomic E-state index is -0.596. The normalized spacial score (nSPS) is 13.5. The van der Waals surface area contributed by atoms with Crippen molar-refractivity contribution in [3.05, 3.63) is 87.7 Å². The zero-order valence-electron chi connectivity index (χ0n) is 17.7. The number of benzene rings is 2. The zero-order chi connectivity index (χ0) is 22.8. The van der Waals surface area contributed by atoms with Gasteiger partial charge < -0.3 is 15.2 Å². The van der Waals surface area contributed by atoms with Crippen LogP contribution in [0.15, 0.2) is 48.5 Å². The standard InChI is InChI=1S/C25H21N3O4/c1-14-11-18(12-15(2)28-14)23(16-3-5-17(6-4-16)25(27)30)32-22-8-7-19-21(29)9-10-31-24(19)20(22)13-26/h3-8,11-12,23H,9-10H2,1-2H3,(H2,27,30). The summed E-state index contributed by atoms with van der Waals surface area (Å²) in [5, 5.41) is 9.82. The van der Waals surface area contributed by atoms with Gasteiger partial charge in [-0.25, -0.2) is 0 Å². The number of aryl methyl sites for hydroxylation is 2. The lowest BCUT2D eigenvalue weighted by molar-refractivity contribution is 0.0931. The van der Waals surface area contributed by atoms with Gasteiger partial charge in [0, 0.05) is 28.9 Å². The van der Waals surface area contributed by atoms with E-state index >= 15 is 0 Å². The van der Waals surface area contributed by atoms with Gasteiger partial charge in [0.25, 0.3) is 0 Å². The van der Waals surface area contributed by atoms with Crippen LogP contribution in [0.3, 0.4) is 0 Å². The first-order chi connectivity index (χ1) is 15.4. The van der Waals surface area contributed by atoms with E-state index in [0.717, 1.165) is 22.5 Å². The number of nitrogens with two attached hydrogens (primary N) is 1. The van der Waals surface area contributed by atoms with Crippen LogP contribution in [0.4, 0.5) is 0 Å². The van der Waals surface area contributed by atoms with E-state index < -0.39 is 12.0 Å². The van der Waals surface area contributed by atoms with Gasteiger partial charge in [0.05, 0.1) is 12.2 Å². The lowest BCUT2D eigenvalue weighted by Crippen LogP contribution is -2.18. The van der Waals surface area contributed by atoms with Crippen LogP contribution in [0.1, 0.15) is 61.3 Å². The van der Waals surface area contributed by atoms with Crippen molar-refractivity contribution >= 4 is 11.7 Å². The molecule has 0 spiro atoms. The van der Waals surface area contributed by atoms with Gasteiger partial charge in [0.2, 0.25) is 5.91 Å². The molecule has 7 nitrogen and oxygen atoms in total. The monoisotopic (exact) mass is 427 g/mol. The van der Waals surface area contributed by atoms with Crippen molar-refractivity contribution in [3.8, 4) is 17.6 Å². The first-order valence-electron chi connectivity index (χ1n) is 10.1. The maximum atomic E-state index is 12.2. The van der Waals surface area contributed by atoms with Gasteiger partial charge in [0.15, 0.2) is 11.5 Å². The average Bonchev–Trinajstić information content (AvgIpc) is 2.76. The number of hydrogen-bond donors (Lipinski definition) is 1. The number of amides is 1. The number of pyridine rings is 1. The van der Waals surface area contributed by atoms with E-state index in [-0.39, 0.29) is 30.1 Å². The molecule has 160 valence electrons. The fourth-order valence-electron chi connectivity index (χ4n) is 3.81. The number of fused-ring (bicyclic) bond motifs is 1. The average molecular weight is 427 g/mol. The molecule has 2 heterocycles. The first-order valence-corrected chi connectivity index (χ1v) is 10.1. The number of ether oxygens (including phenoxy) is 2. The van der Waals surface area contributed by atoms with Crippen molar-refractivity contribution in [2.45, 2.75) is 26.4 Å². The molecule has 2 aromatic carbocycles. The molecule has 0 saturated heterocycles. The maximum absolute atomic E-state index is 12.2. The molecule has 0 bridgehead atoms. The number of nitrogens with zero attached hydrogens (tertiary/aromatic N) is 2. The van der Waals surface area contributed by atoms with Crippen molar-refractivity contribution < 1.29 is 19.1 Å². The molecule has 1 aliphatic heterocycles. The van der Waals surface area contributed by atoms with Crippen LogP contribution < -0.4 is 15.2 Å². The third-order valence-electron chi connectivity index (χ3n) is 5.26. The van der Waals surface area contributed by atoms with Gasteiger partial charge in [-0.15, -0.1) is 0 Å². The van der Waals surface area contributed by atoms with Crippen molar-refractivity contribution in [1.82, 2.24) is 4.98 Å². The van der Waals surface area contributed by atoms with Crippen molar-refractivity contribution in [2.24, 2.45) is 5.73 Å². The maximum Gasteiger partial charge on any atom is 0.248 e. The van der Waals surface area contributed by atoms with Crippen LogP contribution in [0.2, 0.25) is 0 Å². The molecule has 1 amide bonds. The Morgan fingerprint density at radius 1 is 1.12 bits per heavy atom. The topological polar surface area (TPSA) is 115 Å². The van der Waals surface area contributed by atoms with Crippen LogP contribution in [0, 0.1) is 25.2 Å². The molecule has 3 aromatic rings. The summed E-state index contributed by atoms with van der Waals surface area (Å²) in [5.41, 5.74) is 9.56. The van der Waals surface area contributed by atoms with E-state index in [4.69, 9.17) is 15.2 Å². The Kier molecular flexibility index (Phi) is 5.61. The summed E-state index contributed by atoms with van der Waals surface area (Å²) in [6.45, 7) is 4.01. The minimum absolute atomic E-state index is 0.0618. The van der Waals surface area contributed by atoms with Gasteiger partial charge in [-0.05, 0) is 55.8 Å². The number of aromatic nitrogens is 1. The molecule has 32 heavy (non-hydrogen) atoms. The largest absolute Gasteiger partial charge is 0.491 e. The summed E-state index contributed by atoms with van der Waals surface area (Å²) in [6.07, 6.45) is -0.315. The number of hydrogen-bond acceptors (Lipinski definition) is 6. The Hall–Kier alpha value is -4.18. The van der Waals surface area contributed by atoms with Gasteiger partial charge >= 0.3 is 0 Å². The molecule has 0 aliphatic carbocycles. The highest BCUT2D eigenvalue weighted by Crippen LogP contribution is 2.38. The van der Waals surface area contributed by atoms with E-state index in [1.165, 1.54) is 0 Å². The lowest BCUT2D eigenvalue weighted by Gasteiger charge is -2.24. The summed E-state index contributed by atoms with van der Waals surface area (Å²) >= 11 is 0. The van der Waals surface area contributed by atoms with E-state index in [0.29, 0.717) is 16.9 Å². The molecular weight excluding hydrogens is 406 g/mol. The lowest BCUT2D eigenvalue weighted by atomic mass is 9.98. The Bertz CT molecular complexity index is 1240. The van der Waals surface area contributed by atoms with E-state index in [2.05, 4.69) is 11.1 Å². The fraction of sp³-hybridized carbons (Fsp3) is 0.200. The molecule has 4 rings (SSSR count). The van der Waals surface area contributed by atoms with Crippen molar-refractivity contribution in [3.63, 3.8) is 0 Å². The molecule has 2 N–H and O–H groups in total. The van der Waals surface area contributed by atoms with Crippen molar-refractivity contribution in [1.29, 1.82) is 5.26 Å². The van der Waals surface area contributed by atoms with Crippen LogP contribution in [-0.4, -0.2) is 23.3 Å². The SMILES string of the molecule is Cc1cc(C(Oc2ccc3c(c2C#N)OCCC3=O)c2ccc(C(N)=O)cc2)cc(C)n1. The number of ketones is 1. The van der Waals surface area contributed by atoms with Crippen LogP contribution in [-0.2, 0) is 0 Å². The van der Waals surface area contributed by atoms with Crippen LogP contribution >= 0.6 is 0 Å². The number of Topliss-reactive ketones (excluding diaryl/α,β-unsaturated/α-hetero) is 1. The molecule has 7 heteroatoms. The first kappa shape index (κ1) is 21.1. The quantitative estimate of drug-likeness (QED) is 0.662. The predicted molar refractivity (Wildman–Crippen MR) is 117 cm³/mol. The summed E-state index contributed by atoms with van der Waals surface area (Å²) in [5.74, 6) is -0.0237. The Balaban J connectivity index is 1.82. The van der Waals surface area contributed by atoms with Gasteiger partial charge in [-0.3, -0.25) is 14.6 Å². The summed E-state index contributed by atoms with van der Waals surface area (Å²) < 4.78 is 12.0. The predicted octanol–water partition coefficient (Wildman–Crippen LogP) is 3.80. The second kappa shape index (κ2) is 8.52. The molecule has 1 atom stereocenters. The smallest absolute Gasteiger partial charge is 0.248 e. The number of primary amides is 1. The summed E-state index contributed by atoms with van der Waals surface area (Å²) in [6, 6.07) is 16.0. The van der Waals surface area contributed by atoms with Crippen molar-refractivity contribution in [2.75, 3.05) is 6.61 Å². The van der Waals surface area contributed by atoms with Gasteiger partial charge in [0.1, 0.15) is 23.5 Å². The molecule has 1 aromatic heterocycles. The van der Waals surface area contributed by atoms with Gasteiger partial charge in [-0.1, -0.05) is 12.1 Å². The highest BCUT2D eigenvalue weighted by molar-refractivity contribution is 6.00. The number of rotatable bonds is 5. The molecule has 0 fully saturated rings. The number of carbonyl (C=O) groups excluding carboxylic acids is 2. The number of nitriles is 1. The fourth-order valence-corrected chi connectivity index (χ4v) is 3.81. The highest BCUT2D eigenvalue weighted by Gasteiger charge is 2.26. The second-order valence-electron chi connectivity index (χ2n) is 7.62. The van der Waals surface area contributed by atoms with E-state index in [9.17, 15) is 14.9 Å². The zero-order valence-corrected chi connectivity index (χ0v) is 17.7. The Morgan fingerprint density at radius 2 is 1.81 bits per heavy atom.